The first-order valence-corrected chi connectivity index (χ1v) is 6.83. The van der Waals surface area contributed by atoms with Crippen LogP contribution in [0.25, 0.3) is 0 Å². The second-order valence-electron chi connectivity index (χ2n) is 4.64. The van der Waals surface area contributed by atoms with Gasteiger partial charge in [0.05, 0.1) is 6.61 Å². The first-order chi connectivity index (χ1) is 8.81. The Bertz CT molecular complexity index is 246. The van der Waals surface area contributed by atoms with E-state index >= 15 is 0 Å². The second-order valence-corrected chi connectivity index (χ2v) is 4.64. The molecule has 0 aliphatic carbocycles. The number of rotatable bonds is 7. The van der Waals surface area contributed by atoms with Crippen LogP contribution in [0.1, 0.15) is 19.8 Å². The van der Waals surface area contributed by atoms with E-state index < -0.39 is 0 Å². The van der Waals surface area contributed by atoms with Gasteiger partial charge in [0.1, 0.15) is 0 Å². The molecule has 0 aromatic heterocycles. The van der Waals surface area contributed by atoms with Crippen molar-refractivity contribution >= 4 is 5.96 Å². The highest BCUT2D eigenvalue weighted by atomic mass is 16.5. The lowest BCUT2D eigenvalue weighted by Crippen LogP contribution is -2.40. The largest absolute Gasteiger partial charge is 0.385 e. The smallest absolute Gasteiger partial charge is 0.193 e. The highest BCUT2D eigenvalue weighted by molar-refractivity contribution is 5.80. The summed E-state index contributed by atoms with van der Waals surface area (Å²) < 4.78 is 10.3. The van der Waals surface area contributed by atoms with Crippen molar-refractivity contribution in [2.45, 2.75) is 19.8 Å². The Balaban J connectivity index is 2.41. The van der Waals surface area contributed by atoms with E-state index in [1.54, 1.807) is 14.2 Å². The lowest BCUT2D eigenvalue weighted by molar-refractivity contribution is 0.157. The van der Waals surface area contributed by atoms with Gasteiger partial charge in [-0.2, -0.15) is 0 Å². The molecule has 1 aliphatic rings. The zero-order valence-corrected chi connectivity index (χ0v) is 11.9. The molecule has 0 amide bonds. The Labute approximate surface area is 111 Å². The van der Waals surface area contributed by atoms with Crippen LogP contribution in [-0.4, -0.2) is 64.5 Å². The minimum atomic E-state index is 0.637. The second kappa shape index (κ2) is 9.16. The summed E-state index contributed by atoms with van der Waals surface area (Å²) in [5.41, 5.74) is 0. The van der Waals surface area contributed by atoms with Gasteiger partial charge in [0.25, 0.3) is 0 Å². The standard InChI is InChI=1S/C13H27N3O2/c1-4-14-13(15-7-5-9-17-2)16-8-6-12(10-16)11-18-3/h12H,4-11H2,1-3H3,(H,14,15). The highest BCUT2D eigenvalue weighted by Crippen LogP contribution is 2.16. The molecule has 18 heavy (non-hydrogen) atoms. The van der Waals surface area contributed by atoms with E-state index in [-0.39, 0.29) is 0 Å². The van der Waals surface area contributed by atoms with Gasteiger partial charge in [0.15, 0.2) is 5.96 Å². The molecule has 1 fully saturated rings. The molecule has 1 aliphatic heterocycles. The van der Waals surface area contributed by atoms with Crippen LogP contribution in [0.5, 0.6) is 0 Å². The number of guanidine groups is 1. The fourth-order valence-corrected chi connectivity index (χ4v) is 2.22. The summed E-state index contributed by atoms with van der Waals surface area (Å²) in [6, 6.07) is 0. The maximum atomic E-state index is 5.22. The molecule has 1 atom stereocenters. The van der Waals surface area contributed by atoms with Gasteiger partial charge < -0.3 is 19.7 Å². The third kappa shape index (κ3) is 5.23. The summed E-state index contributed by atoms with van der Waals surface area (Å²) >= 11 is 0. The number of nitrogens with one attached hydrogen (secondary N) is 1. The van der Waals surface area contributed by atoms with Gasteiger partial charge in [-0.3, -0.25) is 4.99 Å². The number of likely N-dealkylation sites (tertiary alicyclic amines) is 1. The Hall–Kier alpha value is -0.810. The number of hydrogen-bond acceptors (Lipinski definition) is 3. The lowest BCUT2D eigenvalue weighted by Gasteiger charge is -2.21. The number of aliphatic imine (C=N–C) groups is 1. The monoisotopic (exact) mass is 257 g/mol. The molecule has 1 N–H and O–H groups in total. The molecule has 0 bridgehead atoms. The molecule has 1 rings (SSSR count). The predicted molar refractivity (Wildman–Crippen MR) is 74.0 cm³/mol. The number of ether oxygens (including phenoxy) is 2. The predicted octanol–water partition coefficient (Wildman–Crippen LogP) is 0.957. The molecule has 0 radical (unpaired) electrons. The Morgan fingerprint density at radius 3 is 2.89 bits per heavy atom. The molecule has 0 spiro atoms. The van der Waals surface area contributed by atoms with E-state index in [0.717, 1.165) is 51.8 Å². The van der Waals surface area contributed by atoms with E-state index in [1.165, 1.54) is 6.42 Å². The average molecular weight is 257 g/mol. The number of hydrogen-bond donors (Lipinski definition) is 1. The van der Waals surface area contributed by atoms with Gasteiger partial charge in [-0.05, 0) is 19.8 Å². The van der Waals surface area contributed by atoms with E-state index in [2.05, 4.69) is 22.1 Å². The third-order valence-electron chi connectivity index (χ3n) is 3.09. The van der Waals surface area contributed by atoms with Gasteiger partial charge in [-0.25, -0.2) is 0 Å². The van der Waals surface area contributed by atoms with Crippen LogP contribution >= 0.6 is 0 Å². The number of nitrogens with zero attached hydrogens (tertiary/aromatic N) is 2. The Kier molecular flexibility index (Phi) is 7.76. The Morgan fingerprint density at radius 1 is 1.39 bits per heavy atom. The summed E-state index contributed by atoms with van der Waals surface area (Å²) in [6.07, 6.45) is 2.16. The van der Waals surface area contributed by atoms with E-state index in [4.69, 9.17) is 9.47 Å². The van der Waals surface area contributed by atoms with Crippen molar-refractivity contribution in [2.24, 2.45) is 10.9 Å². The zero-order chi connectivity index (χ0) is 13.2. The van der Waals surface area contributed by atoms with Gasteiger partial charge in [0, 0.05) is 52.9 Å². The van der Waals surface area contributed by atoms with E-state index in [0.29, 0.717) is 5.92 Å². The molecular weight excluding hydrogens is 230 g/mol. The SMILES string of the molecule is CCNC(=NCCCOC)N1CCC(COC)C1. The van der Waals surface area contributed by atoms with Crippen molar-refractivity contribution < 1.29 is 9.47 Å². The summed E-state index contributed by atoms with van der Waals surface area (Å²) in [7, 11) is 3.50. The number of methoxy groups -OCH3 is 2. The van der Waals surface area contributed by atoms with Crippen LogP contribution in [-0.2, 0) is 9.47 Å². The molecule has 1 heterocycles. The fourth-order valence-electron chi connectivity index (χ4n) is 2.22. The van der Waals surface area contributed by atoms with Crippen molar-refractivity contribution in [2.75, 3.05) is 53.6 Å². The van der Waals surface area contributed by atoms with Crippen molar-refractivity contribution in [3.8, 4) is 0 Å². The first kappa shape index (κ1) is 15.2. The van der Waals surface area contributed by atoms with Gasteiger partial charge in [-0.1, -0.05) is 0 Å². The molecule has 1 saturated heterocycles. The van der Waals surface area contributed by atoms with Gasteiger partial charge in [0.2, 0.25) is 0 Å². The summed E-state index contributed by atoms with van der Waals surface area (Å²) in [4.78, 5) is 6.97. The normalized spacial score (nSPS) is 20.5. The molecule has 0 aromatic carbocycles. The van der Waals surface area contributed by atoms with E-state index in [1.807, 2.05) is 0 Å². The van der Waals surface area contributed by atoms with Crippen LogP contribution in [0.15, 0.2) is 4.99 Å². The van der Waals surface area contributed by atoms with Crippen LogP contribution in [0.3, 0.4) is 0 Å². The van der Waals surface area contributed by atoms with Crippen molar-refractivity contribution in [3.63, 3.8) is 0 Å². The average Bonchev–Trinajstić information content (AvgIpc) is 2.82. The minimum absolute atomic E-state index is 0.637. The first-order valence-electron chi connectivity index (χ1n) is 6.83. The van der Waals surface area contributed by atoms with Gasteiger partial charge in [-0.15, -0.1) is 0 Å². The van der Waals surface area contributed by atoms with Crippen LogP contribution < -0.4 is 5.32 Å². The maximum absolute atomic E-state index is 5.22. The molecular formula is C13H27N3O2. The highest BCUT2D eigenvalue weighted by Gasteiger charge is 2.24. The molecule has 106 valence electrons. The summed E-state index contributed by atoms with van der Waals surface area (Å²) in [6.45, 7) is 7.58. The van der Waals surface area contributed by atoms with Crippen molar-refractivity contribution in [1.29, 1.82) is 0 Å². The van der Waals surface area contributed by atoms with Crippen LogP contribution in [0, 0.1) is 5.92 Å². The van der Waals surface area contributed by atoms with E-state index in [9.17, 15) is 0 Å². The minimum Gasteiger partial charge on any atom is -0.385 e. The summed E-state index contributed by atoms with van der Waals surface area (Å²) in [5, 5.41) is 3.36. The third-order valence-corrected chi connectivity index (χ3v) is 3.09. The van der Waals surface area contributed by atoms with Crippen molar-refractivity contribution in [1.82, 2.24) is 10.2 Å². The van der Waals surface area contributed by atoms with Gasteiger partial charge >= 0.3 is 0 Å². The lowest BCUT2D eigenvalue weighted by atomic mass is 10.1. The Morgan fingerprint density at radius 2 is 2.22 bits per heavy atom. The van der Waals surface area contributed by atoms with Crippen LogP contribution in [0.4, 0.5) is 0 Å². The molecule has 0 aromatic rings. The zero-order valence-electron chi connectivity index (χ0n) is 11.9. The quantitative estimate of drug-likeness (QED) is 0.419. The summed E-state index contributed by atoms with van der Waals surface area (Å²) in [5.74, 6) is 1.67. The molecule has 0 saturated carbocycles. The maximum Gasteiger partial charge on any atom is 0.193 e. The molecule has 1 unspecified atom stereocenters. The fraction of sp³-hybridized carbons (Fsp3) is 0.923. The molecule has 5 nitrogen and oxygen atoms in total. The van der Waals surface area contributed by atoms with Crippen molar-refractivity contribution in [3.05, 3.63) is 0 Å². The van der Waals surface area contributed by atoms with Crippen LogP contribution in [0.2, 0.25) is 0 Å². The topological polar surface area (TPSA) is 46.1 Å². The molecule has 5 heteroatoms.